The van der Waals surface area contributed by atoms with Crippen molar-refractivity contribution in [2.24, 2.45) is 0 Å². The molecule has 1 unspecified atom stereocenters. The number of benzene rings is 1. The summed E-state index contributed by atoms with van der Waals surface area (Å²) in [6.07, 6.45) is 2.45. The first-order chi connectivity index (χ1) is 16.2. The van der Waals surface area contributed by atoms with Crippen LogP contribution in [0.15, 0.2) is 35.9 Å². The third kappa shape index (κ3) is 4.36. The van der Waals surface area contributed by atoms with Crippen molar-refractivity contribution >= 4 is 29.0 Å². The van der Waals surface area contributed by atoms with Crippen LogP contribution in [-0.2, 0) is 4.74 Å². The smallest absolute Gasteiger partial charge is 0.410 e. The Kier molecular flexibility index (Phi) is 5.54. The SMILES string of the molecule is CN1CC2=C(CC(N(C)C(=O)OC(C)(C)C)CC2)c2ccc(Nc3ccc4c(c3)OCO4)nc21. The third-order valence-corrected chi connectivity index (χ3v) is 6.51. The van der Waals surface area contributed by atoms with Gasteiger partial charge in [0, 0.05) is 44.0 Å². The molecule has 1 aromatic heterocycles. The maximum absolute atomic E-state index is 12.6. The molecule has 0 spiro atoms. The zero-order valence-corrected chi connectivity index (χ0v) is 20.5. The van der Waals surface area contributed by atoms with Crippen LogP contribution in [0.2, 0.25) is 0 Å². The number of hydrogen-bond acceptors (Lipinski definition) is 7. The van der Waals surface area contributed by atoms with Gasteiger partial charge in [-0.1, -0.05) is 0 Å². The van der Waals surface area contributed by atoms with Gasteiger partial charge in [-0.25, -0.2) is 9.78 Å². The minimum absolute atomic E-state index is 0.108. The van der Waals surface area contributed by atoms with Crippen LogP contribution >= 0.6 is 0 Å². The van der Waals surface area contributed by atoms with Crippen LogP contribution in [0.3, 0.4) is 0 Å². The second kappa shape index (κ2) is 8.42. The van der Waals surface area contributed by atoms with E-state index in [1.165, 1.54) is 11.1 Å². The van der Waals surface area contributed by atoms with Crippen molar-refractivity contribution < 1.29 is 19.0 Å². The van der Waals surface area contributed by atoms with E-state index in [-0.39, 0.29) is 18.9 Å². The molecule has 1 atom stereocenters. The second-order valence-electron chi connectivity index (χ2n) is 10.2. The molecule has 34 heavy (non-hydrogen) atoms. The molecule has 0 bridgehead atoms. The van der Waals surface area contributed by atoms with Gasteiger partial charge in [0.2, 0.25) is 6.79 Å². The van der Waals surface area contributed by atoms with Crippen LogP contribution in [0, 0.1) is 0 Å². The fraction of sp³-hybridized carbons (Fsp3) is 0.462. The Labute approximate surface area is 200 Å². The lowest BCUT2D eigenvalue weighted by Gasteiger charge is -2.39. The monoisotopic (exact) mass is 464 g/mol. The van der Waals surface area contributed by atoms with Crippen LogP contribution in [0.25, 0.3) is 5.57 Å². The summed E-state index contributed by atoms with van der Waals surface area (Å²) in [5.41, 5.74) is 4.27. The normalized spacial score (nSPS) is 18.9. The number of carbonyl (C=O) groups is 1. The van der Waals surface area contributed by atoms with Crippen LogP contribution in [0.4, 0.5) is 22.1 Å². The number of aromatic nitrogens is 1. The number of amides is 1. The Morgan fingerprint density at radius 1 is 1.21 bits per heavy atom. The first-order valence-corrected chi connectivity index (χ1v) is 11.7. The molecule has 8 nitrogen and oxygen atoms in total. The average molecular weight is 465 g/mol. The number of rotatable bonds is 3. The van der Waals surface area contributed by atoms with E-state index in [0.29, 0.717) is 0 Å². The van der Waals surface area contributed by atoms with Gasteiger partial charge in [-0.3, -0.25) is 0 Å². The Morgan fingerprint density at radius 3 is 2.79 bits per heavy atom. The zero-order chi connectivity index (χ0) is 24.0. The van der Waals surface area contributed by atoms with Crippen LogP contribution in [-0.4, -0.2) is 55.1 Å². The molecule has 180 valence electrons. The summed E-state index contributed by atoms with van der Waals surface area (Å²) < 4.78 is 16.5. The largest absolute Gasteiger partial charge is 0.454 e. The molecular weight excluding hydrogens is 432 g/mol. The molecule has 3 aliphatic rings. The lowest BCUT2D eigenvalue weighted by atomic mass is 9.82. The molecule has 3 heterocycles. The van der Waals surface area contributed by atoms with E-state index >= 15 is 0 Å². The summed E-state index contributed by atoms with van der Waals surface area (Å²) >= 11 is 0. The predicted molar refractivity (Wildman–Crippen MR) is 132 cm³/mol. The summed E-state index contributed by atoms with van der Waals surface area (Å²) in [5, 5.41) is 3.38. The number of likely N-dealkylation sites (N-methyl/N-ethyl adjacent to an activating group) is 1. The first kappa shape index (κ1) is 22.4. The molecule has 0 saturated carbocycles. The maximum atomic E-state index is 12.6. The van der Waals surface area contributed by atoms with E-state index in [4.69, 9.17) is 19.2 Å². The predicted octanol–water partition coefficient (Wildman–Crippen LogP) is 5.18. The molecule has 1 aromatic carbocycles. The topological polar surface area (TPSA) is 76.2 Å². The lowest BCUT2D eigenvalue weighted by Crippen LogP contribution is -2.43. The van der Waals surface area contributed by atoms with Crippen LogP contribution < -0.4 is 19.7 Å². The van der Waals surface area contributed by atoms with Gasteiger partial charge in [0.15, 0.2) is 11.5 Å². The van der Waals surface area contributed by atoms with Crippen molar-refractivity contribution in [1.82, 2.24) is 9.88 Å². The fourth-order valence-electron chi connectivity index (χ4n) is 4.79. The van der Waals surface area contributed by atoms with E-state index < -0.39 is 5.60 Å². The average Bonchev–Trinajstić information content (AvgIpc) is 3.25. The number of fused-ring (bicyclic) bond motifs is 3. The fourth-order valence-corrected chi connectivity index (χ4v) is 4.79. The van der Waals surface area contributed by atoms with Gasteiger partial charge in [-0.15, -0.1) is 0 Å². The highest BCUT2D eigenvalue weighted by molar-refractivity contribution is 5.83. The van der Waals surface area contributed by atoms with E-state index in [0.717, 1.165) is 60.2 Å². The van der Waals surface area contributed by atoms with Gasteiger partial charge in [0.25, 0.3) is 0 Å². The quantitative estimate of drug-likeness (QED) is 0.671. The van der Waals surface area contributed by atoms with Gasteiger partial charge >= 0.3 is 6.09 Å². The highest BCUT2D eigenvalue weighted by Gasteiger charge is 2.33. The Balaban J connectivity index is 1.36. The number of pyridine rings is 1. The summed E-state index contributed by atoms with van der Waals surface area (Å²) in [5.74, 6) is 3.21. The first-order valence-electron chi connectivity index (χ1n) is 11.7. The Morgan fingerprint density at radius 2 is 2.00 bits per heavy atom. The number of nitrogens with zero attached hydrogens (tertiary/aromatic N) is 3. The lowest BCUT2D eigenvalue weighted by molar-refractivity contribution is 0.0215. The van der Waals surface area contributed by atoms with Gasteiger partial charge in [0.05, 0.1) is 0 Å². The van der Waals surface area contributed by atoms with Crippen molar-refractivity contribution in [3.05, 3.63) is 41.5 Å². The van der Waals surface area contributed by atoms with Crippen LogP contribution in [0.5, 0.6) is 11.5 Å². The molecule has 0 saturated heterocycles. The highest BCUT2D eigenvalue weighted by Crippen LogP contribution is 2.42. The number of nitrogens with one attached hydrogen (secondary N) is 1. The molecule has 1 amide bonds. The summed E-state index contributed by atoms with van der Waals surface area (Å²) in [7, 11) is 3.93. The molecule has 5 rings (SSSR count). The molecule has 1 aliphatic carbocycles. The second-order valence-corrected chi connectivity index (χ2v) is 10.2. The molecule has 2 aromatic rings. The molecule has 0 radical (unpaired) electrons. The van der Waals surface area contributed by atoms with Crippen molar-refractivity contribution in [1.29, 1.82) is 0 Å². The Hall–Kier alpha value is -3.42. The summed E-state index contributed by atoms with van der Waals surface area (Å²) in [6.45, 7) is 6.80. The molecule has 8 heteroatoms. The molecule has 0 fully saturated rings. The van der Waals surface area contributed by atoms with Gasteiger partial charge in [-0.2, -0.15) is 0 Å². The van der Waals surface area contributed by atoms with Crippen molar-refractivity contribution in [2.75, 3.05) is 37.6 Å². The minimum Gasteiger partial charge on any atom is -0.454 e. The summed E-state index contributed by atoms with van der Waals surface area (Å²) in [4.78, 5) is 21.5. The van der Waals surface area contributed by atoms with E-state index in [1.54, 1.807) is 4.90 Å². The molecular formula is C26H32N4O4. The van der Waals surface area contributed by atoms with E-state index in [9.17, 15) is 4.79 Å². The highest BCUT2D eigenvalue weighted by atomic mass is 16.7. The van der Waals surface area contributed by atoms with Crippen molar-refractivity contribution in [3.8, 4) is 11.5 Å². The van der Waals surface area contributed by atoms with Gasteiger partial charge < -0.3 is 29.3 Å². The molecule has 2 aliphatic heterocycles. The van der Waals surface area contributed by atoms with Crippen molar-refractivity contribution in [2.45, 2.75) is 51.7 Å². The van der Waals surface area contributed by atoms with Crippen LogP contribution in [0.1, 0.15) is 45.6 Å². The van der Waals surface area contributed by atoms with Crippen molar-refractivity contribution in [3.63, 3.8) is 0 Å². The Bertz CT molecular complexity index is 1150. The minimum atomic E-state index is -0.504. The summed E-state index contributed by atoms with van der Waals surface area (Å²) in [6, 6.07) is 10.0. The molecule has 1 N–H and O–H groups in total. The number of anilines is 3. The van der Waals surface area contributed by atoms with Gasteiger partial charge in [0.1, 0.15) is 17.2 Å². The van der Waals surface area contributed by atoms with E-state index in [1.807, 2.05) is 52.1 Å². The van der Waals surface area contributed by atoms with E-state index in [2.05, 4.69) is 23.3 Å². The maximum Gasteiger partial charge on any atom is 0.410 e. The van der Waals surface area contributed by atoms with Gasteiger partial charge in [-0.05, 0) is 75.4 Å². The number of ether oxygens (including phenoxy) is 3. The standard InChI is InChI=1S/C26H32N4O4/c1-26(2,3)34-25(31)30(5)18-8-6-16-14-29(4)24-19(20(16)13-18)9-11-23(28-24)27-17-7-10-21-22(12-17)33-15-32-21/h7,9-12,18H,6,8,13-15H2,1-5H3,(H,27,28). The number of hydrogen-bond donors (Lipinski definition) is 1. The zero-order valence-electron chi connectivity index (χ0n) is 20.5. The number of carbonyl (C=O) groups excluding carboxylic acids is 1. The third-order valence-electron chi connectivity index (χ3n) is 6.51.